The fourth-order valence-corrected chi connectivity index (χ4v) is 4.55. The Morgan fingerprint density at radius 3 is 0.839 bits per heavy atom. The van der Waals surface area contributed by atoms with Gasteiger partial charge in [-0.25, -0.2) is 0 Å². The molecule has 0 aromatic heterocycles. The van der Waals surface area contributed by atoms with Crippen LogP contribution >= 0.6 is 0 Å². The molecule has 0 saturated carbocycles. The van der Waals surface area contributed by atoms with Crippen LogP contribution in [0.25, 0.3) is 0 Å². The Bertz CT molecular complexity index is 316. The number of unbranched alkanes of at least 4 members (excludes halogenated alkanes) is 25. The highest BCUT2D eigenvalue weighted by molar-refractivity contribution is 5.36. The quantitative estimate of drug-likeness (QED) is 0.0896. The van der Waals surface area contributed by atoms with E-state index in [1.807, 2.05) is 0 Å². The summed E-state index contributed by atoms with van der Waals surface area (Å²) < 4.78 is 4.71. The van der Waals surface area contributed by atoms with Gasteiger partial charge in [0.2, 0.25) is 0 Å². The van der Waals surface area contributed by atoms with Crippen LogP contribution in [0.2, 0.25) is 0 Å². The zero-order valence-electron chi connectivity index (χ0n) is 21.5. The standard InChI is InChI=1S/C29H58O2/c1-2-3-4-5-6-7-8-9-10-11-12-13-14-15-16-17-18-19-20-21-22-23-24-25-26-27-28-31-29-30/h29H,2-28H2,1H3. The lowest BCUT2D eigenvalue weighted by Gasteiger charge is -2.04. The van der Waals surface area contributed by atoms with Gasteiger partial charge >= 0.3 is 0 Å². The molecular formula is C29H58O2. The normalized spacial score (nSPS) is 11.1. The maximum Gasteiger partial charge on any atom is 0.293 e. The first-order valence-corrected chi connectivity index (χ1v) is 14.5. The van der Waals surface area contributed by atoms with E-state index in [4.69, 9.17) is 4.74 Å². The van der Waals surface area contributed by atoms with Gasteiger partial charge in [0.05, 0.1) is 6.61 Å². The summed E-state index contributed by atoms with van der Waals surface area (Å²) in [4.78, 5) is 10.0. The van der Waals surface area contributed by atoms with Crippen LogP contribution in [0.3, 0.4) is 0 Å². The maximum absolute atomic E-state index is 10.0. The average Bonchev–Trinajstić information content (AvgIpc) is 2.78. The van der Waals surface area contributed by atoms with Gasteiger partial charge in [-0.2, -0.15) is 0 Å². The summed E-state index contributed by atoms with van der Waals surface area (Å²) in [5.41, 5.74) is 0. The second-order valence-corrected chi connectivity index (χ2v) is 9.81. The maximum atomic E-state index is 10.0. The lowest BCUT2D eigenvalue weighted by molar-refractivity contribution is -0.128. The SMILES string of the molecule is CCCCCCCCCCCCCCCCCCCCCCCCCCCCOC=O. The van der Waals surface area contributed by atoms with Crippen molar-refractivity contribution in [2.24, 2.45) is 0 Å². The van der Waals surface area contributed by atoms with Crippen LogP contribution in [0.4, 0.5) is 0 Å². The van der Waals surface area contributed by atoms with E-state index in [2.05, 4.69) is 6.92 Å². The first-order chi connectivity index (χ1) is 15.4. The minimum absolute atomic E-state index is 0.556. The summed E-state index contributed by atoms with van der Waals surface area (Å²) in [5, 5.41) is 0. The molecule has 2 nitrogen and oxygen atoms in total. The first-order valence-electron chi connectivity index (χ1n) is 14.5. The molecule has 0 aromatic carbocycles. The summed E-state index contributed by atoms with van der Waals surface area (Å²) in [5.74, 6) is 0. The van der Waals surface area contributed by atoms with Gasteiger partial charge in [0.25, 0.3) is 6.47 Å². The van der Waals surface area contributed by atoms with Crippen molar-refractivity contribution in [1.29, 1.82) is 0 Å². The number of hydrogen-bond acceptors (Lipinski definition) is 2. The van der Waals surface area contributed by atoms with Gasteiger partial charge in [0, 0.05) is 0 Å². The molecule has 0 heterocycles. The van der Waals surface area contributed by atoms with E-state index in [0.717, 1.165) is 6.42 Å². The van der Waals surface area contributed by atoms with Crippen LogP contribution in [0.15, 0.2) is 0 Å². The number of hydrogen-bond donors (Lipinski definition) is 0. The van der Waals surface area contributed by atoms with Crippen LogP contribution < -0.4 is 0 Å². The van der Waals surface area contributed by atoms with Gasteiger partial charge in [0.1, 0.15) is 0 Å². The second-order valence-electron chi connectivity index (χ2n) is 9.81. The van der Waals surface area contributed by atoms with Crippen molar-refractivity contribution in [3.63, 3.8) is 0 Å². The van der Waals surface area contributed by atoms with Gasteiger partial charge in [0.15, 0.2) is 0 Å². The predicted molar refractivity (Wildman–Crippen MR) is 138 cm³/mol. The third-order valence-electron chi connectivity index (χ3n) is 6.68. The number of carbonyl (C=O) groups excluding carboxylic acids is 1. The van der Waals surface area contributed by atoms with Gasteiger partial charge < -0.3 is 4.74 Å². The lowest BCUT2D eigenvalue weighted by Crippen LogP contribution is -1.91. The summed E-state index contributed by atoms with van der Waals surface area (Å²) in [6.07, 6.45) is 36.8. The van der Waals surface area contributed by atoms with Crippen molar-refractivity contribution < 1.29 is 9.53 Å². The van der Waals surface area contributed by atoms with E-state index in [1.54, 1.807) is 0 Å². The molecule has 0 aliphatic carbocycles. The van der Waals surface area contributed by atoms with Crippen LogP contribution in [-0.4, -0.2) is 13.1 Å². The molecule has 0 aliphatic heterocycles. The lowest BCUT2D eigenvalue weighted by atomic mass is 10.0. The topological polar surface area (TPSA) is 26.3 Å². The summed E-state index contributed by atoms with van der Waals surface area (Å²) in [7, 11) is 0. The van der Waals surface area contributed by atoms with Crippen molar-refractivity contribution in [2.45, 2.75) is 174 Å². The molecule has 0 unspecified atom stereocenters. The van der Waals surface area contributed by atoms with Gasteiger partial charge in [-0.15, -0.1) is 0 Å². The Kier molecular flexibility index (Phi) is 29.0. The monoisotopic (exact) mass is 438 g/mol. The van der Waals surface area contributed by atoms with E-state index in [9.17, 15) is 4.79 Å². The second kappa shape index (κ2) is 29.5. The number of carbonyl (C=O) groups is 1. The van der Waals surface area contributed by atoms with E-state index < -0.39 is 0 Å². The Morgan fingerprint density at radius 1 is 0.387 bits per heavy atom. The molecule has 0 radical (unpaired) electrons. The molecule has 0 atom stereocenters. The smallest absolute Gasteiger partial charge is 0.293 e. The van der Waals surface area contributed by atoms with Crippen molar-refractivity contribution >= 4 is 6.47 Å². The van der Waals surface area contributed by atoms with Crippen molar-refractivity contribution in [1.82, 2.24) is 0 Å². The van der Waals surface area contributed by atoms with Crippen molar-refractivity contribution in [2.75, 3.05) is 6.61 Å². The molecule has 0 aromatic rings. The largest absolute Gasteiger partial charge is 0.468 e. The predicted octanol–water partition coefficient (Wildman–Crippen LogP) is 10.3. The van der Waals surface area contributed by atoms with Gasteiger partial charge in [-0.1, -0.05) is 167 Å². The molecule has 0 aliphatic rings. The molecule has 2 heteroatoms. The summed E-state index contributed by atoms with van der Waals surface area (Å²) >= 11 is 0. The highest BCUT2D eigenvalue weighted by atomic mass is 16.5. The van der Waals surface area contributed by atoms with E-state index in [-0.39, 0.29) is 0 Å². The Labute approximate surface area is 196 Å². The zero-order valence-corrected chi connectivity index (χ0v) is 21.5. The Balaban J connectivity index is 2.98. The minimum atomic E-state index is 0.556. The molecule has 0 spiro atoms. The summed E-state index contributed by atoms with van der Waals surface area (Å²) in [6.45, 7) is 3.45. The molecule has 186 valence electrons. The highest BCUT2D eigenvalue weighted by Crippen LogP contribution is 2.15. The van der Waals surface area contributed by atoms with Gasteiger partial charge in [-0.05, 0) is 6.42 Å². The summed E-state index contributed by atoms with van der Waals surface area (Å²) in [6, 6.07) is 0. The number of rotatable bonds is 28. The van der Waals surface area contributed by atoms with Crippen LogP contribution in [0.1, 0.15) is 174 Å². The zero-order chi connectivity index (χ0) is 22.5. The Morgan fingerprint density at radius 2 is 0.613 bits per heavy atom. The fraction of sp³-hybridized carbons (Fsp3) is 0.966. The van der Waals surface area contributed by atoms with Crippen LogP contribution in [0, 0.1) is 0 Å². The van der Waals surface area contributed by atoms with Crippen LogP contribution in [0.5, 0.6) is 0 Å². The van der Waals surface area contributed by atoms with E-state index >= 15 is 0 Å². The van der Waals surface area contributed by atoms with E-state index in [0.29, 0.717) is 13.1 Å². The molecular weight excluding hydrogens is 380 g/mol. The van der Waals surface area contributed by atoms with Crippen LogP contribution in [-0.2, 0) is 9.53 Å². The third kappa shape index (κ3) is 29.5. The third-order valence-corrected chi connectivity index (χ3v) is 6.68. The average molecular weight is 439 g/mol. The number of ether oxygens (including phenoxy) is 1. The molecule has 0 N–H and O–H groups in total. The molecule has 0 amide bonds. The molecule has 31 heavy (non-hydrogen) atoms. The molecule has 0 fully saturated rings. The van der Waals surface area contributed by atoms with Crippen molar-refractivity contribution in [3.05, 3.63) is 0 Å². The highest BCUT2D eigenvalue weighted by Gasteiger charge is 1.96. The van der Waals surface area contributed by atoms with E-state index in [1.165, 1.54) is 161 Å². The molecule has 0 saturated heterocycles. The Hall–Kier alpha value is -0.530. The minimum Gasteiger partial charge on any atom is -0.468 e. The molecule has 0 bridgehead atoms. The molecule has 0 rings (SSSR count). The van der Waals surface area contributed by atoms with Crippen molar-refractivity contribution in [3.8, 4) is 0 Å². The first kappa shape index (κ1) is 30.5. The fourth-order valence-electron chi connectivity index (χ4n) is 4.55. The van der Waals surface area contributed by atoms with Gasteiger partial charge in [-0.3, -0.25) is 4.79 Å².